The van der Waals surface area contributed by atoms with Crippen LogP contribution >= 0.6 is 34.8 Å². The zero-order valence-electron chi connectivity index (χ0n) is 9.13. The van der Waals surface area contributed by atoms with Crippen molar-refractivity contribution in [1.82, 2.24) is 9.78 Å². The zero-order chi connectivity index (χ0) is 13.4. The molecule has 0 atom stereocenters. The van der Waals surface area contributed by atoms with Gasteiger partial charge in [0.2, 0.25) is 0 Å². The summed E-state index contributed by atoms with van der Waals surface area (Å²) in [6.45, 7) is 1.61. The first kappa shape index (κ1) is 13.2. The highest BCUT2D eigenvalue weighted by molar-refractivity contribution is 6.40. The number of hydrogen-bond donors (Lipinski definition) is 1. The Morgan fingerprint density at radius 3 is 2.22 bits per heavy atom. The molecule has 7 heteroatoms. The standard InChI is InChI=1S/C11H7Cl3N2O2/c1-5-7(4-17)11(18)16(15-5)10-8(13)2-6(12)3-9(10)14/h2-4,15H,1H3. The molecular weight excluding hydrogens is 298 g/mol. The van der Waals surface area contributed by atoms with E-state index in [9.17, 15) is 9.59 Å². The van der Waals surface area contributed by atoms with Gasteiger partial charge in [0.25, 0.3) is 5.56 Å². The van der Waals surface area contributed by atoms with Crippen LogP contribution in [0.3, 0.4) is 0 Å². The fourth-order valence-corrected chi connectivity index (χ4v) is 2.59. The number of carbonyl (C=O) groups excluding carboxylic acids is 1. The molecule has 1 heterocycles. The first-order valence-corrected chi connectivity index (χ1v) is 6.00. The van der Waals surface area contributed by atoms with Crippen molar-refractivity contribution < 1.29 is 4.79 Å². The number of hydrogen-bond acceptors (Lipinski definition) is 2. The van der Waals surface area contributed by atoms with Crippen LogP contribution in [0.2, 0.25) is 15.1 Å². The molecule has 18 heavy (non-hydrogen) atoms. The van der Waals surface area contributed by atoms with Crippen molar-refractivity contribution in [3.8, 4) is 5.69 Å². The van der Waals surface area contributed by atoms with E-state index >= 15 is 0 Å². The van der Waals surface area contributed by atoms with Gasteiger partial charge in [-0.2, -0.15) is 0 Å². The predicted molar refractivity (Wildman–Crippen MR) is 71.5 cm³/mol. The lowest BCUT2D eigenvalue weighted by atomic mass is 10.3. The van der Waals surface area contributed by atoms with Crippen LogP contribution < -0.4 is 5.56 Å². The van der Waals surface area contributed by atoms with Gasteiger partial charge >= 0.3 is 0 Å². The van der Waals surface area contributed by atoms with Gasteiger partial charge < -0.3 is 0 Å². The van der Waals surface area contributed by atoms with E-state index in [0.717, 1.165) is 4.68 Å². The average Bonchev–Trinajstić information content (AvgIpc) is 2.53. The summed E-state index contributed by atoms with van der Waals surface area (Å²) in [5, 5.41) is 3.54. The number of nitrogens with zero attached hydrogens (tertiary/aromatic N) is 1. The molecule has 0 saturated heterocycles. The Labute approximate surface area is 117 Å². The molecule has 0 spiro atoms. The van der Waals surface area contributed by atoms with Crippen molar-refractivity contribution in [3.63, 3.8) is 0 Å². The van der Waals surface area contributed by atoms with Crippen LogP contribution in [-0.2, 0) is 0 Å². The maximum Gasteiger partial charge on any atom is 0.282 e. The number of aldehydes is 1. The number of halogens is 3. The quantitative estimate of drug-likeness (QED) is 0.866. The highest BCUT2D eigenvalue weighted by atomic mass is 35.5. The molecule has 0 amide bonds. The van der Waals surface area contributed by atoms with Crippen molar-refractivity contribution in [1.29, 1.82) is 0 Å². The summed E-state index contributed by atoms with van der Waals surface area (Å²) in [7, 11) is 0. The van der Waals surface area contributed by atoms with E-state index in [0.29, 0.717) is 17.0 Å². The van der Waals surface area contributed by atoms with Crippen LogP contribution in [0.4, 0.5) is 0 Å². The van der Waals surface area contributed by atoms with Crippen LogP contribution in [0, 0.1) is 6.92 Å². The topological polar surface area (TPSA) is 54.9 Å². The van der Waals surface area contributed by atoms with E-state index in [2.05, 4.69) is 5.10 Å². The largest absolute Gasteiger partial charge is 0.298 e. The third kappa shape index (κ3) is 2.07. The summed E-state index contributed by atoms with van der Waals surface area (Å²) in [4.78, 5) is 22.8. The molecule has 2 aromatic rings. The molecule has 2 rings (SSSR count). The minimum absolute atomic E-state index is 0.0390. The van der Waals surface area contributed by atoms with Crippen molar-refractivity contribution in [2.45, 2.75) is 6.92 Å². The molecule has 0 bridgehead atoms. The smallest absolute Gasteiger partial charge is 0.282 e. The summed E-state index contributed by atoms with van der Waals surface area (Å²) in [6.07, 6.45) is 0.488. The van der Waals surface area contributed by atoms with Crippen LogP contribution in [-0.4, -0.2) is 16.1 Å². The third-order valence-corrected chi connectivity index (χ3v) is 3.23. The lowest BCUT2D eigenvalue weighted by Gasteiger charge is -2.07. The molecule has 0 aliphatic carbocycles. The minimum atomic E-state index is -0.506. The van der Waals surface area contributed by atoms with E-state index in [1.54, 1.807) is 6.92 Å². The zero-order valence-corrected chi connectivity index (χ0v) is 11.4. The molecule has 0 radical (unpaired) electrons. The fraction of sp³-hybridized carbons (Fsp3) is 0.0909. The number of nitrogens with one attached hydrogen (secondary N) is 1. The van der Waals surface area contributed by atoms with Gasteiger partial charge in [-0.1, -0.05) is 34.8 Å². The molecular formula is C11H7Cl3N2O2. The minimum Gasteiger partial charge on any atom is -0.298 e. The monoisotopic (exact) mass is 304 g/mol. The van der Waals surface area contributed by atoms with Crippen molar-refractivity contribution in [2.75, 3.05) is 0 Å². The summed E-state index contributed by atoms with van der Waals surface area (Å²) < 4.78 is 1.13. The fourth-order valence-electron chi connectivity index (χ4n) is 1.60. The lowest BCUT2D eigenvalue weighted by Crippen LogP contribution is -2.17. The third-order valence-electron chi connectivity index (χ3n) is 2.44. The Morgan fingerprint density at radius 2 is 1.78 bits per heavy atom. The van der Waals surface area contributed by atoms with Gasteiger partial charge in [-0.15, -0.1) is 0 Å². The first-order chi connectivity index (χ1) is 8.45. The van der Waals surface area contributed by atoms with E-state index in [-0.39, 0.29) is 21.3 Å². The van der Waals surface area contributed by atoms with Crippen molar-refractivity contribution >= 4 is 41.1 Å². The van der Waals surface area contributed by atoms with Gasteiger partial charge in [-0.25, -0.2) is 4.68 Å². The average molecular weight is 306 g/mol. The molecule has 0 aliphatic heterocycles. The van der Waals surface area contributed by atoms with Gasteiger partial charge in [-0.05, 0) is 19.1 Å². The maximum absolute atomic E-state index is 12.0. The highest BCUT2D eigenvalue weighted by Gasteiger charge is 2.16. The summed E-state index contributed by atoms with van der Waals surface area (Å²) in [5.41, 5.74) is 0.242. The number of aromatic nitrogens is 2. The molecule has 4 nitrogen and oxygen atoms in total. The van der Waals surface area contributed by atoms with E-state index < -0.39 is 5.56 Å². The molecule has 0 saturated carbocycles. The van der Waals surface area contributed by atoms with Gasteiger partial charge in [0.15, 0.2) is 6.29 Å². The van der Waals surface area contributed by atoms with Gasteiger partial charge in [-0.3, -0.25) is 14.7 Å². The molecule has 0 unspecified atom stereocenters. The Hall–Kier alpha value is -1.23. The molecule has 1 aromatic heterocycles. The van der Waals surface area contributed by atoms with Gasteiger partial charge in [0.05, 0.1) is 10.0 Å². The predicted octanol–water partition coefficient (Wildman–Crippen LogP) is 3.25. The molecule has 1 N–H and O–H groups in total. The summed E-state index contributed by atoms with van der Waals surface area (Å²) >= 11 is 17.8. The SMILES string of the molecule is Cc1[nH]n(-c2c(Cl)cc(Cl)cc2Cl)c(=O)c1C=O. The lowest BCUT2D eigenvalue weighted by molar-refractivity contribution is 0.112. The second-order valence-corrected chi connectivity index (χ2v) is 4.88. The number of H-pyrrole nitrogens is 1. The normalized spacial score (nSPS) is 10.7. The summed E-state index contributed by atoms with van der Waals surface area (Å²) in [6, 6.07) is 2.93. The van der Waals surface area contributed by atoms with E-state index in [1.165, 1.54) is 12.1 Å². The number of aromatic amines is 1. The Balaban J connectivity index is 2.78. The van der Waals surface area contributed by atoms with Crippen molar-refractivity contribution in [3.05, 3.63) is 48.8 Å². The van der Waals surface area contributed by atoms with E-state index in [4.69, 9.17) is 34.8 Å². The number of rotatable bonds is 2. The second-order valence-electron chi connectivity index (χ2n) is 3.63. The van der Waals surface area contributed by atoms with Gasteiger partial charge in [0.1, 0.15) is 11.3 Å². The highest BCUT2D eigenvalue weighted by Crippen LogP contribution is 2.31. The van der Waals surface area contributed by atoms with Crippen LogP contribution in [0.25, 0.3) is 5.69 Å². The second kappa shape index (κ2) is 4.80. The Kier molecular flexibility index (Phi) is 3.52. The Morgan fingerprint density at radius 1 is 1.22 bits per heavy atom. The molecule has 94 valence electrons. The molecule has 0 fully saturated rings. The molecule has 1 aromatic carbocycles. The van der Waals surface area contributed by atoms with Crippen LogP contribution in [0.5, 0.6) is 0 Å². The number of carbonyl (C=O) groups is 1. The van der Waals surface area contributed by atoms with Crippen LogP contribution in [0.15, 0.2) is 16.9 Å². The van der Waals surface area contributed by atoms with E-state index in [1.807, 2.05) is 0 Å². The first-order valence-electron chi connectivity index (χ1n) is 4.87. The van der Waals surface area contributed by atoms with Crippen molar-refractivity contribution in [2.24, 2.45) is 0 Å². The number of aryl methyl sites for hydroxylation is 1. The molecule has 0 aliphatic rings. The summed E-state index contributed by atoms with van der Waals surface area (Å²) in [5.74, 6) is 0. The number of benzene rings is 1. The maximum atomic E-state index is 12.0. The van der Waals surface area contributed by atoms with Crippen LogP contribution in [0.1, 0.15) is 16.1 Å². The van der Waals surface area contributed by atoms with Gasteiger partial charge in [0, 0.05) is 10.7 Å². The Bertz CT molecular complexity index is 665.